The molecule has 0 aromatic rings. The van der Waals surface area contributed by atoms with Crippen molar-refractivity contribution >= 4 is 11.9 Å². The number of rotatable bonds is 6. The molecule has 0 spiro atoms. The number of amides is 1. The van der Waals surface area contributed by atoms with Crippen molar-refractivity contribution in [2.24, 2.45) is 17.1 Å². The highest BCUT2D eigenvalue weighted by Gasteiger charge is 2.28. The van der Waals surface area contributed by atoms with E-state index in [-0.39, 0.29) is 24.9 Å². The minimum absolute atomic E-state index is 0.123. The van der Waals surface area contributed by atoms with Gasteiger partial charge >= 0.3 is 5.97 Å². The van der Waals surface area contributed by atoms with Gasteiger partial charge in [0.2, 0.25) is 5.91 Å². The Hall–Kier alpha value is -1.10. The maximum atomic E-state index is 11.5. The molecule has 15 heavy (non-hydrogen) atoms. The molecule has 0 aromatic heterocycles. The smallest absolute Gasteiger partial charge is 0.310 e. The number of hydrogen-bond acceptors (Lipinski definition) is 3. The Morgan fingerprint density at radius 3 is 2.33 bits per heavy atom. The molecule has 0 saturated heterocycles. The molecule has 1 atom stereocenters. The van der Waals surface area contributed by atoms with Crippen molar-refractivity contribution in [3.8, 4) is 0 Å². The van der Waals surface area contributed by atoms with Crippen LogP contribution in [0.3, 0.4) is 0 Å². The average Bonchev–Trinajstić information content (AvgIpc) is 2.16. The Balaban J connectivity index is 4.16. The second-order valence-corrected chi connectivity index (χ2v) is 4.25. The summed E-state index contributed by atoms with van der Waals surface area (Å²) in [7, 11) is 0. The topological polar surface area (TPSA) is 92.4 Å². The zero-order chi connectivity index (χ0) is 12.1. The first-order chi connectivity index (χ1) is 6.85. The molecule has 0 aliphatic carbocycles. The highest BCUT2D eigenvalue weighted by molar-refractivity contribution is 5.80. The van der Waals surface area contributed by atoms with Gasteiger partial charge in [0, 0.05) is 19.0 Å². The van der Waals surface area contributed by atoms with Crippen molar-refractivity contribution in [2.45, 2.75) is 27.2 Å². The molecule has 0 heterocycles. The average molecular weight is 216 g/mol. The van der Waals surface area contributed by atoms with Crippen LogP contribution in [0.5, 0.6) is 0 Å². The minimum Gasteiger partial charge on any atom is -0.481 e. The highest BCUT2D eigenvalue weighted by Crippen LogP contribution is 2.13. The normalized spacial score (nSPS) is 13.3. The molecule has 5 heteroatoms. The summed E-state index contributed by atoms with van der Waals surface area (Å²) in [6, 6.07) is 0. The lowest BCUT2D eigenvalue weighted by Crippen LogP contribution is -2.42. The number of nitrogens with one attached hydrogen (secondary N) is 1. The van der Waals surface area contributed by atoms with Crippen molar-refractivity contribution < 1.29 is 14.7 Å². The van der Waals surface area contributed by atoms with Crippen LogP contribution in [0.4, 0.5) is 0 Å². The fourth-order valence-corrected chi connectivity index (χ4v) is 0.987. The Kier molecular flexibility index (Phi) is 5.28. The van der Waals surface area contributed by atoms with Gasteiger partial charge in [0.25, 0.3) is 0 Å². The van der Waals surface area contributed by atoms with Crippen molar-refractivity contribution in [1.29, 1.82) is 0 Å². The molecule has 0 aromatic carbocycles. The summed E-state index contributed by atoms with van der Waals surface area (Å²) >= 11 is 0. The van der Waals surface area contributed by atoms with Crippen molar-refractivity contribution in [2.75, 3.05) is 13.1 Å². The lowest BCUT2D eigenvalue weighted by Gasteiger charge is -2.21. The number of carboxylic acid groups (broad SMARTS) is 1. The Morgan fingerprint density at radius 2 is 2.00 bits per heavy atom. The van der Waals surface area contributed by atoms with Crippen LogP contribution < -0.4 is 11.1 Å². The van der Waals surface area contributed by atoms with Gasteiger partial charge in [-0.25, -0.2) is 0 Å². The van der Waals surface area contributed by atoms with E-state index in [1.165, 1.54) is 0 Å². The summed E-state index contributed by atoms with van der Waals surface area (Å²) in [5.74, 6) is -1.33. The monoisotopic (exact) mass is 216 g/mol. The van der Waals surface area contributed by atoms with E-state index in [1.807, 2.05) is 6.92 Å². The predicted molar refractivity (Wildman–Crippen MR) is 57.3 cm³/mol. The highest BCUT2D eigenvalue weighted by atomic mass is 16.4. The van der Waals surface area contributed by atoms with Crippen molar-refractivity contribution in [3.63, 3.8) is 0 Å². The van der Waals surface area contributed by atoms with Crippen LogP contribution in [0.1, 0.15) is 27.2 Å². The molecule has 0 fully saturated rings. The zero-order valence-corrected chi connectivity index (χ0v) is 9.54. The number of aliphatic carboxylic acids is 1. The predicted octanol–water partition coefficient (Wildman–Crippen LogP) is 0.198. The first-order valence-electron chi connectivity index (χ1n) is 5.06. The van der Waals surface area contributed by atoms with Crippen LogP contribution in [-0.2, 0) is 9.59 Å². The summed E-state index contributed by atoms with van der Waals surface area (Å²) in [6.07, 6.45) is 0.663. The number of carbonyl (C=O) groups excluding carboxylic acids is 1. The SMILES string of the molecule is CCC(CN)C(=O)NCC(C)(C)C(=O)O. The van der Waals surface area contributed by atoms with Crippen LogP contribution >= 0.6 is 0 Å². The van der Waals surface area contributed by atoms with Crippen LogP contribution in [0.15, 0.2) is 0 Å². The van der Waals surface area contributed by atoms with E-state index in [9.17, 15) is 9.59 Å². The van der Waals surface area contributed by atoms with Gasteiger partial charge in [-0.3, -0.25) is 9.59 Å². The summed E-state index contributed by atoms with van der Waals surface area (Å²) in [5.41, 5.74) is 4.46. The van der Waals surface area contributed by atoms with Gasteiger partial charge in [-0.1, -0.05) is 6.92 Å². The molecule has 1 amide bonds. The van der Waals surface area contributed by atoms with E-state index < -0.39 is 11.4 Å². The van der Waals surface area contributed by atoms with E-state index in [0.717, 1.165) is 0 Å². The minimum atomic E-state index is -0.942. The third-order valence-electron chi connectivity index (χ3n) is 2.43. The first kappa shape index (κ1) is 13.9. The van der Waals surface area contributed by atoms with E-state index >= 15 is 0 Å². The lowest BCUT2D eigenvalue weighted by atomic mass is 9.93. The van der Waals surface area contributed by atoms with E-state index in [2.05, 4.69) is 5.32 Å². The molecule has 0 rings (SSSR count). The summed E-state index contributed by atoms with van der Waals surface area (Å²) in [6.45, 7) is 5.42. The van der Waals surface area contributed by atoms with Gasteiger partial charge in [-0.2, -0.15) is 0 Å². The number of nitrogens with two attached hydrogens (primary N) is 1. The Labute approximate surface area is 90.0 Å². The standard InChI is InChI=1S/C10H20N2O3/c1-4-7(5-11)8(13)12-6-10(2,3)9(14)15/h7H,4-6,11H2,1-3H3,(H,12,13)(H,14,15). The van der Waals surface area contributed by atoms with Crippen molar-refractivity contribution in [1.82, 2.24) is 5.32 Å². The summed E-state index contributed by atoms with van der Waals surface area (Å²) < 4.78 is 0. The van der Waals surface area contributed by atoms with Gasteiger partial charge in [0.05, 0.1) is 5.41 Å². The summed E-state index contributed by atoms with van der Waals surface area (Å²) in [5, 5.41) is 11.4. The lowest BCUT2D eigenvalue weighted by molar-refractivity contribution is -0.146. The van der Waals surface area contributed by atoms with Gasteiger partial charge in [-0.05, 0) is 20.3 Å². The molecule has 0 saturated carbocycles. The second-order valence-electron chi connectivity index (χ2n) is 4.25. The molecule has 4 N–H and O–H groups in total. The maximum absolute atomic E-state index is 11.5. The number of hydrogen-bond donors (Lipinski definition) is 3. The van der Waals surface area contributed by atoms with E-state index in [1.54, 1.807) is 13.8 Å². The van der Waals surface area contributed by atoms with Gasteiger partial charge in [0.15, 0.2) is 0 Å². The van der Waals surface area contributed by atoms with E-state index in [0.29, 0.717) is 6.42 Å². The molecule has 0 radical (unpaired) electrons. The zero-order valence-electron chi connectivity index (χ0n) is 9.54. The van der Waals surface area contributed by atoms with Gasteiger partial charge in [0.1, 0.15) is 0 Å². The third kappa shape index (κ3) is 4.29. The largest absolute Gasteiger partial charge is 0.481 e. The fourth-order valence-electron chi connectivity index (χ4n) is 0.987. The van der Waals surface area contributed by atoms with Crippen LogP contribution in [0.25, 0.3) is 0 Å². The quantitative estimate of drug-likeness (QED) is 0.591. The maximum Gasteiger partial charge on any atom is 0.310 e. The van der Waals surface area contributed by atoms with E-state index in [4.69, 9.17) is 10.8 Å². The molecule has 0 bridgehead atoms. The Bertz CT molecular complexity index is 235. The van der Waals surface area contributed by atoms with Crippen LogP contribution in [0.2, 0.25) is 0 Å². The Morgan fingerprint density at radius 1 is 1.47 bits per heavy atom. The first-order valence-corrected chi connectivity index (χ1v) is 5.06. The van der Waals surface area contributed by atoms with Crippen LogP contribution in [-0.4, -0.2) is 30.1 Å². The molecule has 0 aliphatic heterocycles. The molecule has 5 nitrogen and oxygen atoms in total. The van der Waals surface area contributed by atoms with Gasteiger partial charge < -0.3 is 16.2 Å². The molecular formula is C10H20N2O3. The molecule has 1 unspecified atom stereocenters. The molecule has 0 aliphatic rings. The summed E-state index contributed by atoms with van der Waals surface area (Å²) in [4.78, 5) is 22.3. The molecule has 88 valence electrons. The fraction of sp³-hybridized carbons (Fsp3) is 0.800. The van der Waals surface area contributed by atoms with Gasteiger partial charge in [-0.15, -0.1) is 0 Å². The number of carbonyl (C=O) groups is 2. The van der Waals surface area contributed by atoms with Crippen molar-refractivity contribution in [3.05, 3.63) is 0 Å². The number of carboxylic acids is 1. The second kappa shape index (κ2) is 5.70. The van der Waals surface area contributed by atoms with Crippen LogP contribution in [0, 0.1) is 11.3 Å². The molecular weight excluding hydrogens is 196 g/mol. The third-order valence-corrected chi connectivity index (χ3v) is 2.43.